The summed E-state index contributed by atoms with van der Waals surface area (Å²) in [5.41, 5.74) is 0.766. The standard InChI is InChI=1S/C26H32N2O8S3/c1-3-14-27(15-4-2)39(34,35)19-11-9-18(10-12-19)25(31)37-16-13-22(30)28-23(36-26(32)33)17-38-24(28)20-7-5-6-8-21(20)29/h5-12,23-24,29H,3-4,13-17H2,1-2H3,(H,32,33)/t23-,24-/m1/s1. The third-order valence-corrected chi connectivity index (χ3v) is 10.0. The summed E-state index contributed by atoms with van der Waals surface area (Å²) in [6.07, 6.45) is -1.23. The molecule has 212 valence electrons. The smallest absolute Gasteiger partial charge is 0.507 e. The van der Waals surface area contributed by atoms with Crippen molar-refractivity contribution in [1.29, 1.82) is 0 Å². The zero-order chi connectivity index (χ0) is 28.6. The van der Waals surface area contributed by atoms with Crippen molar-refractivity contribution in [2.24, 2.45) is 0 Å². The molecule has 1 fully saturated rings. The van der Waals surface area contributed by atoms with E-state index in [1.807, 2.05) is 13.8 Å². The molecule has 1 saturated heterocycles. The maximum Gasteiger partial charge on any atom is 0.507 e. The molecule has 0 bridgehead atoms. The maximum absolute atomic E-state index is 13.1. The Morgan fingerprint density at radius 3 is 2.31 bits per heavy atom. The quantitative estimate of drug-likeness (QED) is 0.329. The van der Waals surface area contributed by atoms with Crippen LogP contribution in [0.25, 0.3) is 0 Å². The van der Waals surface area contributed by atoms with Gasteiger partial charge in [0.1, 0.15) is 11.1 Å². The number of amides is 1. The molecule has 0 spiro atoms. The molecule has 2 aromatic rings. The molecule has 1 aliphatic heterocycles. The van der Waals surface area contributed by atoms with Crippen molar-refractivity contribution in [2.45, 2.75) is 49.6 Å². The molecular formula is C26H32N2O8S3. The summed E-state index contributed by atoms with van der Waals surface area (Å²) in [6, 6.07) is 12.2. The third-order valence-electron chi connectivity index (χ3n) is 5.91. The fraction of sp³-hybridized carbons (Fsp3) is 0.423. The van der Waals surface area contributed by atoms with Gasteiger partial charge in [0.15, 0.2) is 6.23 Å². The minimum atomic E-state index is -3.66. The average molecular weight is 597 g/mol. The molecule has 13 heteroatoms. The molecule has 39 heavy (non-hydrogen) atoms. The Kier molecular flexibility index (Phi) is 11.1. The van der Waals surface area contributed by atoms with E-state index in [0.717, 1.165) is 11.8 Å². The molecule has 0 unspecified atom stereocenters. The molecule has 0 aromatic heterocycles. The van der Waals surface area contributed by atoms with Gasteiger partial charge in [-0.2, -0.15) is 4.31 Å². The van der Waals surface area contributed by atoms with Crippen LogP contribution in [0.1, 0.15) is 54.4 Å². The fourth-order valence-electron chi connectivity index (χ4n) is 4.13. The van der Waals surface area contributed by atoms with Gasteiger partial charge in [-0.15, -0.1) is 11.8 Å². The van der Waals surface area contributed by atoms with Crippen molar-refractivity contribution in [3.05, 3.63) is 59.7 Å². The molecule has 3 rings (SSSR count). The third kappa shape index (κ3) is 7.68. The number of carbonyl (C=O) groups is 3. The van der Waals surface area contributed by atoms with E-state index in [1.165, 1.54) is 51.3 Å². The summed E-state index contributed by atoms with van der Waals surface area (Å²) in [5, 5.41) is 18.4. The SMILES string of the molecule is CCCN(CCC)S(=O)(=O)c1ccc(C(=O)SCCC(=O)N2[C@@H](c3ccccc3O)SC[C@H]2OC(=O)O)cc1. The highest BCUT2D eigenvalue weighted by atomic mass is 32.2. The van der Waals surface area contributed by atoms with Crippen LogP contribution in [0, 0.1) is 0 Å². The van der Waals surface area contributed by atoms with E-state index in [4.69, 9.17) is 9.84 Å². The van der Waals surface area contributed by atoms with Crippen molar-refractivity contribution >= 4 is 50.7 Å². The van der Waals surface area contributed by atoms with E-state index >= 15 is 0 Å². The van der Waals surface area contributed by atoms with Gasteiger partial charge in [-0.3, -0.25) is 14.5 Å². The second-order valence-corrected chi connectivity index (χ2v) is 12.8. The number of rotatable bonds is 12. The molecule has 0 saturated carbocycles. The predicted molar refractivity (Wildman–Crippen MR) is 150 cm³/mol. The van der Waals surface area contributed by atoms with Gasteiger partial charge in [0.05, 0.1) is 10.6 Å². The summed E-state index contributed by atoms with van der Waals surface area (Å²) in [4.78, 5) is 38.4. The number of phenolic OH excluding ortho intramolecular Hbond substituents is 1. The van der Waals surface area contributed by atoms with Gasteiger partial charge in [-0.1, -0.05) is 43.8 Å². The molecule has 1 heterocycles. The minimum Gasteiger partial charge on any atom is -0.508 e. The Labute approximate surface area is 236 Å². The number of phenols is 1. The number of aromatic hydroxyl groups is 1. The number of ether oxygens (including phenoxy) is 1. The number of para-hydroxylation sites is 1. The summed E-state index contributed by atoms with van der Waals surface area (Å²) < 4.78 is 32.2. The Morgan fingerprint density at radius 2 is 1.72 bits per heavy atom. The zero-order valence-electron chi connectivity index (χ0n) is 21.7. The molecule has 2 atom stereocenters. The Hall–Kier alpha value is -2.74. The normalized spacial score (nSPS) is 17.4. The van der Waals surface area contributed by atoms with E-state index in [-0.39, 0.29) is 33.7 Å². The number of hydrogen-bond acceptors (Lipinski definition) is 9. The van der Waals surface area contributed by atoms with Crippen LogP contribution in [0.3, 0.4) is 0 Å². The fourth-order valence-corrected chi connectivity index (χ4v) is 7.88. The molecule has 1 amide bonds. The van der Waals surface area contributed by atoms with Crippen molar-refractivity contribution in [1.82, 2.24) is 9.21 Å². The lowest BCUT2D eigenvalue weighted by Crippen LogP contribution is -2.41. The highest BCUT2D eigenvalue weighted by molar-refractivity contribution is 8.14. The zero-order valence-corrected chi connectivity index (χ0v) is 24.1. The summed E-state index contributed by atoms with van der Waals surface area (Å²) in [6.45, 7) is 4.66. The van der Waals surface area contributed by atoms with Gasteiger partial charge in [-0.05, 0) is 43.2 Å². The van der Waals surface area contributed by atoms with Crippen molar-refractivity contribution < 1.29 is 37.8 Å². The number of carboxylic acid groups (broad SMARTS) is 1. The lowest BCUT2D eigenvalue weighted by Gasteiger charge is -2.28. The molecule has 2 aromatic carbocycles. The Bertz CT molecular complexity index is 1260. The summed E-state index contributed by atoms with van der Waals surface area (Å²) >= 11 is 2.18. The van der Waals surface area contributed by atoms with Gasteiger partial charge < -0.3 is 14.9 Å². The number of hydrogen-bond donors (Lipinski definition) is 2. The van der Waals surface area contributed by atoms with Crippen LogP contribution in [0.4, 0.5) is 4.79 Å². The lowest BCUT2D eigenvalue weighted by molar-refractivity contribution is -0.140. The van der Waals surface area contributed by atoms with Crippen LogP contribution in [-0.2, 0) is 19.6 Å². The van der Waals surface area contributed by atoms with Gasteiger partial charge in [0, 0.05) is 36.4 Å². The Morgan fingerprint density at radius 1 is 1.08 bits per heavy atom. The molecule has 0 aliphatic carbocycles. The first-order chi connectivity index (χ1) is 18.6. The van der Waals surface area contributed by atoms with Gasteiger partial charge in [0.2, 0.25) is 21.0 Å². The van der Waals surface area contributed by atoms with E-state index in [0.29, 0.717) is 37.1 Å². The van der Waals surface area contributed by atoms with Crippen molar-refractivity contribution in [3.8, 4) is 5.75 Å². The van der Waals surface area contributed by atoms with Crippen LogP contribution in [-0.4, -0.2) is 75.8 Å². The number of benzene rings is 2. The average Bonchev–Trinajstić information content (AvgIpc) is 3.31. The maximum atomic E-state index is 13.1. The van der Waals surface area contributed by atoms with E-state index < -0.39 is 33.7 Å². The minimum absolute atomic E-state index is 0.0219. The highest BCUT2D eigenvalue weighted by Gasteiger charge is 2.41. The second-order valence-electron chi connectivity index (χ2n) is 8.70. The summed E-state index contributed by atoms with van der Waals surface area (Å²) in [7, 11) is -3.66. The first-order valence-corrected chi connectivity index (χ1v) is 15.9. The topological polar surface area (TPSA) is 142 Å². The molecule has 1 aliphatic rings. The van der Waals surface area contributed by atoms with Crippen molar-refractivity contribution in [2.75, 3.05) is 24.6 Å². The number of carbonyl (C=O) groups excluding carboxylic acids is 2. The predicted octanol–water partition coefficient (Wildman–Crippen LogP) is 4.76. The van der Waals surface area contributed by atoms with E-state index in [9.17, 15) is 27.9 Å². The summed E-state index contributed by atoms with van der Waals surface area (Å²) in [5.74, 6) is -0.126. The monoisotopic (exact) mass is 596 g/mol. The first kappa shape index (κ1) is 30.8. The van der Waals surface area contributed by atoms with E-state index in [2.05, 4.69) is 0 Å². The lowest BCUT2D eigenvalue weighted by atomic mass is 10.1. The molecule has 0 radical (unpaired) electrons. The molecular weight excluding hydrogens is 564 g/mol. The van der Waals surface area contributed by atoms with Crippen LogP contribution in [0.15, 0.2) is 53.4 Å². The second kappa shape index (κ2) is 14.1. The van der Waals surface area contributed by atoms with Gasteiger partial charge >= 0.3 is 6.16 Å². The Balaban J connectivity index is 1.64. The number of sulfonamides is 1. The number of thioether (sulfide) groups is 2. The van der Waals surface area contributed by atoms with Crippen LogP contribution in [0.2, 0.25) is 0 Å². The molecule has 10 nitrogen and oxygen atoms in total. The van der Waals surface area contributed by atoms with E-state index in [1.54, 1.807) is 18.2 Å². The van der Waals surface area contributed by atoms with Crippen LogP contribution < -0.4 is 0 Å². The highest BCUT2D eigenvalue weighted by Crippen LogP contribution is 2.45. The van der Waals surface area contributed by atoms with Gasteiger partial charge in [0.25, 0.3) is 0 Å². The van der Waals surface area contributed by atoms with Crippen molar-refractivity contribution in [3.63, 3.8) is 0 Å². The largest absolute Gasteiger partial charge is 0.508 e. The molecule has 2 N–H and O–H groups in total. The van der Waals surface area contributed by atoms with Gasteiger partial charge in [-0.25, -0.2) is 13.2 Å². The first-order valence-electron chi connectivity index (χ1n) is 12.5. The number of nitrogens with zero attached hydrogens (tertiary/aromatic N) is 2. The van der Waals surface area contributed by atoms with Crippen LogP contribution in [0.5, 0.6) is 5.75 Å². The van der Waals surface area contributed by atoms with Crippen LogP contribution >= 0.6 is 23.5 Å².